The van der Waals surface area contributed by atoms with Crippen LogP contribution in [0, 0.1) is 5.82 Å². The lowest BCUT2D eigenvalue weighted by Gasteiger charge is -2.22. The van der Waals surface area contributed by atoms with Crippen molar-refractivity contribution < 1.29 is 13.2 Å². The van der Waals surface area contributed by atoms with Crippen molar-refractivity contribution in [3.05, 3.63) is 78.7 Å². The maximum atomic E-state index is 14.0. The van der Waals surface area contributed by atoms with E-state index in [0.29, 0.717) is 29.8 Å². The zero-order valence-corrected chi connectivity index (χ0v) is 12.7. The summed E-state index contributed by atoms with van der Waals surface area (Å²) in [6.45, 7) is 0.965. The van der Waals surface area contributed by atoms with Crippen LogP contribution in [-0.4, -0.2) is 9.97 Å². The van der Waals surface area contributed by atoms with Crippen LogP contribution in [0.1, 0.15) is 11.5 Å². The molecule has 1 aromatic carbocycles. The number of benzene rings is 1. The summed E-state index contributed by atoms with van der Waals surface area (Å²) < 4.78 is 24.9. The van der Waals surface area contributed by atoms with Crippen LogP contribution >= 0.6 is 0 Å². The van der Waals surface area contributed by atoms with E-state index >= 15 is 0 Å². The minimum Gasteiger partial charge on any atom is -0.467 e. The lowest BCUT2D eigenvalue weighted by Crippen LogP contribution is -2.23. The summed E-state index contributed by atoms with van der Waals surface area (Å²) in [4.78, 5) is 10.4. The molecule has 0 N–H and O–H groups in total. The fourth-order valence-corrected chi connectivity index (χ4v) is 2.68. The lowest BCUT2D eigenvalue weighted by molar-refractivity contribution is 0.476. The SMILES string of the molecule is Fc1cccc2c(N(Cc3ccco3)Cc3ccco3)ncnc12. The Morgan fingerprint density at radius 3 is 2.21 bits per heavy atom. The van der Waals surface area contributed by atoms with Crippen molar-refractivity contribution in [2.75, 3.05) is 4.90 Å². The molecule has 0 spiro atoms. The normalized spacial score (nSPS) is 11.0. The third-order valence-corrected chi connectivity index (χ3v) is 3.75. The number of hydrogen-bond donors (Lipinski definition) is 0. The van der Waals surface area contributed by atoms with E-state index in [1.54, 1.807) is 18.6 Å². The Morgan fingerprint density at radius 2 is 1.58 bits per heavy atom. The van der Waals surface area contributed by atoms with Crippen molar-refractivity contribution in [3.63, 3.8) is 0 Å². The number of rotatable bonds is 5. The predicted molar refractivity (Wildman–Crippen MR) is 86.8 cm³/mol. The number of anilines is 1. The molecule has 3 aromatic heterocycles. The molecular weight excluding hydrogens is 309 g/mol. The van der Waals surface area contributed by atoms with Gasteiger partial charge in [0.25, 0.3) is 0 Å². The van der Waals surface area contributed by atoms with Crippen molar-refractivity contribution in [1.82, 2.24) is 9.97 Å². The Balaban J connectivity index is 1.79. The third-order valence-electron chi connectivity index (χ3n) is 3.75. The van der Waals surface area contributed by atoms with Gasteiger partial charge in [0.15, 0.2) is 0 Å². The van der Waals surface area contributed by atoms with Crippen LogP contribution in [-0.2, 0) is 13.1 Å². The van der Waals surface area contributed by atoms with Gasteiger partial charge in [-0.05, 0) is 36.4 Å². The van der Waals surface area contributed by atoms with Gasteiger partial charge >= 0.3 is 0 Å². The highest BCUT2D eigenvalue weighted by molar-refractivity contribution is 5.89. The average Bonchev–Trinajstić information content (AvgIpc) is 3.28. The zero-order valence-electron chi connectivity index (χ0n) is 12.7. The molecular formula is C18H14FN3O2. The van der Waals surface area contributed by atoms with E-state index < -0.39 is 0 Å². The summed E-state index contributed by atoms with van der Waals surface area (Å²) in [5, 5.41) is 0.649. The quantitative estimate of drug-likeness (QED) is 0.552. The number of nitrogens with zero attached hydrogens (tertiary/aromatic N) is 3. The van der Waals surface area contributed by atoms with Crippen LogP contribution in [0.5, 0.6) is 0 Å². The molecule has 0 atom stereocenters. The van der Waals surface area contributed by atoms with Crippen molar-refractivity contribution in [2.45, 2.75) is 13.1 Å². The topological polar surface area (TPSA) is 55.3 Å². The van der Waals surface area contributed by atoms with Crippen molar-refractivity contribution in [2.24, 2.45) is 0 Å². The van der Waals surface area contributed by atoms with Crippen LogP contribution in [0.4, 0.5) is 10.2 Å². The lowest BCUT2D eigenvalue weighted by atomic mass is 10.2. The molecule has 5 nitrogen and oxygen atoms in total. The fourth-order valence-electron chi connectivity index (χ4n) is 2.68. The van der Waals surface area contributed by atoms with Crippen LogP contribution < -0.4 is 4.90 Å². The number of para-hydroxylation sites is 1. The first-order chi connectivity index (χ1) is 11.8. The molecule has 3 heterocycles. The Labute approximate surface area is 137 Å². The second-order valence-electron chi connectivity index (χ2n) is 5.35. The zero-order chi connectivity index (χ0) is 16.4. The molecule has 0 unspecified atom stereocenters. The monoisotopic (exact) mass is 323 g/mol. The molecule has 0 saturated heterocycles. The maximum absolute atomic E-state index is 14.0. The molecule has 0 aliphatic heterocycles. The Bertz CT molecular complexity index is 900. The van der Waals surface area contributed by atoms with Gasteiger partial charge in [-0.3, -0.25) is 0 Å². The Morgan fingerprint density at radius 1 is 0.875 bits per heavy atom. The van der Waals surface area contributed by atoms with Crippen LogP contribution in [0.3, 0.4) is 0 Å². The van der Waals surface area contributed by atoms with E-state index in [2.05, 4.69) is 9.97 Å². The number of hydrogen-bond acceptors (Lipinski definition) is 5. The summed E-state index contributed by atoms with van der Waals surface area (Å²) in [7, 11) is 0. The average molecular weight is 323 g/mol. The van der Waals surface area contributed by atoms with Gasteiger partial charge in [-0.15, -0.1) is 0 Å². The molecule has 4 rings (SSSR count). The highest BCUT2D eigenvalue weighted by atomic mass is 19.1. The van der Waals surface area contributed by atoms with E-state index in [4.69, 9.17) is 8.83 Å². The first-order valence-corrected chi connectivity index (χ1v) is 7.50. The molecule has 0 saturated carbocycles. The molecule has 4 aromatic rings. The molecule has 0 aliphatic carbocycles. The minimum absolute atomic E-state index is 0.298. The van der Waals surface area contributed by atoms with E-state index in [0.717, 1.165) is 11.5 Å². The van der Waals surface area contributed by atoms with Gasteiger partial charge in [-0.1, -0.05) is 6.07 Å². The minimum atomic E-state index is -0.368. The fraction of sp³-hybridized carbons (Fsp3) is 0.111. The van der Waals surface area contributed by atoms with Crippen LogP contribution in [0.15, 0.2) is 70.2 Å². The third kappa shape index (κ3) is 2.74. The molecule has 0 fully saturated rings. The molecule has 120 valence electrons. The smallest absolute Gasteiger partial charge is 0.149 e. The van der Waals surface area contributed by atoms with Gasteiger partial charge in [0, 0.05) is 5.39 Å². The molecule has 6 heteroatoms. The summed E-state index contributed by atoms with van der Waals surface area (Å²) in [6.07, 6.45) is 4.62. The van der Waals surface area contributed by atoms with Crippen molar-refractivity contribution in [3.8, 4) is 0 Å². The van der Waals surface area contributed by atoms with E-state index in [1.165, 1.54) is 12.4 Å². The number of fused-ring (bicyclic) bond motifs is 1. The van der Waals surface area contributed by atoms with Crippen LogP contribution in [0.25, 0.3) is 10.9 Å². The Hall–Kier alpha value is -3.15. The largest absolute Gasteiger partial charge is 0.467 e. The number of aromatic nitrogens is 2. The molecule has 0 bridgehead atoms. The van der Waals surface area contributed by atoms with Crippen molar-refractivity contribution >= 4 is 16.7 Å². The standard InChI is InChI=1S/C18H14FN3O2/c19-16-7-1-6-15-17(16)20-12-21-18(15)22(10-13-4-2-8-23-13)11-14-5-3-9-24-14/h1-9,12H,10-11H2. The highest BCUT2D eigenvalue weighted by Crippen LogP contribution is 2.27. The first kappa shape index (κ1) is 14.4. The van der Waals surface area contributed by atoms with Gasteiger partial charge in [0.2, 0.25) is 0 Å². The maximum Gasteiger partial charge on any atom is 0.149 e. The number of halogens is 1. The Kier molecular flexibility index (Phi) is 3.70. The summed E-state index contributed by atoms with van der Waals surface area (Å²) in [6, 6.07) is 12.3. The molecule has 0 aliphatic rings. The molecule has 24 heavy (non-hydrogen) atoms. The second kappa shape index (κ2) is 6.16. The summed E-state index contributed by atoms with van der Waals surface area (Å²) in [5.74, 6) is 1.83. The van der Waals surface area contributed by atoms with E-state index in [9.17, 15) is 4.39 Å². The molecule has 0 radical (unpaired) electrons. The van der Waals surface area contributed by atoms with Gasteiger partial charge < -0.3 is 13.7 Å². The van der Waals surface area contributed by atoms with Crippen molar-refractivity contribution in [1.29, 1.82) is 0 Å². The second-order valence-corrected chi connectivity index (χ2v) is 5.35. The van der Waals surface area contributed by atoms with Gasteiger partial charge in [-0.2, -0.15) is 0 Å². The summed E-state index contributed by atoms with van der Waals surface area (Å²) >= 11 is 0. The van der Waals surface area contributed by atoms with Gasteiger partial charge in [0.1, 0.15) is 35.0 Å². The summed E-state index contributed by atoms with van der Waals surface area (Å²) in [5.41, 5.74) is 0.298. The van der Waals surface area contributed by atoms with E-state index in [-0.39, 0.29) is 5.82 Å². The van der Waals surface area contributed by atoms with E-state index in [1.807, 2.05) is 35.2 Å². The van der Waals surface area contributed by atoms with Gasteiger partial charge in [-0.25, -0.2) is 14.4 Å². The molecule has 0 amide bonds. The first-order valence-electron chi connectivity index (χ1n) is 7.50. The highest BCUT2D eigenvalue weighted by Gasteiger charge is 2.17. The number of furan rings is 2. The van der Waals surface area contributed by atoms with Gasteiger partial charge in [0.05, 0.1) is 25.6 Å². The van der Waals surface area contributed by atoms with Crippen LogP contribution in [0.2, 0.25) is 0 Å². The predicted octanol–water partition coefficient (Wildman–Crippen LogP) is 4.16.